The molecule has 17 heavy (non-hydrogen) atoms. The Hall–Kier alpha value is -0.780. The van der Waals surface area contributed by atoms with Gasteiger partial charge in [-0.2, -0.15) is 5.10 Å². The molecule has 0 amide bonds. The highest BCUT2D eigenvalue weighted by Gasteiger charge is 2.10. The number of aliphatic hydroxyl groups excluding tert-OH is 1. The van der Waals surface area contributed by atoms with Crippen LogP contribution in [0.2, 0.25) is 0 Å². The van der Waals surface area contributed by atoms with Crippen LogP contribution in [0.15, 0.2) is 45.9 Å². The molecule has 0 aliphatic carbocycles. The van der Waals surface area contributed by atoms with Gasteiger partial charge in [0.2, 0.25) is 0 Å². The molecule has 0 radical (unpaired) electrons. The van der Waals surface area contributed by atoms with Crippen LogP contribution in [0.3, 0.4) is 0 Å². The van der Waals surface area contributed by atoms with Crippen molar-refractivity contribution in [1.29, 1.82) is 0 Å². The fourth-order valence-electron chi connectivity index (χ4n) is 1.43. The summed E-state index contributed by atoms with van der Waals surface area (Å²) in [5.74, 6) is 0.605. The average molecular weight is 313 g/mol. The standard InChI is InChI=1S/C12H13BrN2OS/c1-15-6-5-11(14-15)12(16)8-17-10-4-2-3-9(13)7-10/h2-7,12,16H,8H2,1H3. The Morgan fingerprint density at radius 3 is 2.94 bits per heavy atom. The molecule has 0 fully saturated rings. The van der Waals surface area contributed by atoms with Gasteiger partial charge in [-0.3, -0.25) is 4.68 Å². The molecule has 90 valence electrons. The summed E-state index contributed by atoms with van der Waals surface area (Å²) in [6.07, 6.45) is 1.31. The summed E-state index contributed by atoms with van der Waals surface area (Å²) in [5, 5.41) is 14.1. The topological polar surface area (TPSA) is 38.0 Å². The minimum absolute atomic E-state index is 0.528. The summed E-state index contributed by atoms with van der Waals surface area (Å²) < 4.78 is 2.75. The number of hydrogen-bond acceptors (Lipinski definition) is 3. The first-order valence-electron chi connectivity index (χ1n) is 5.21. The molecule has 3 nitrogen and oxygen atoms in total. The predicted octanol–water partition coefficient (Wildman–Crippen LogP) is 3.01. The third-order valence-electron chi connectivity index (χ3n) is 2.28. The highest BCUT2D eigenvalue weighted by atomic mass is 79.9. The van der Waals surface area contributed by atoms with Crippen molar-refractivity contribution in [2.24, 2.45) is 7.05 Å². The van der Waals surface area contributed by atoms with E-state index >= 15 is 0 Å². The van der Waals surface area contributed by atoms with Gasteiger partial charge in [0.25, 0.3) is 0 Å². The average Bonchev–Trinajstić information content (AvgIpc) is 2.73. The Morgan fingerprint density at radius 1 is 1.47 bits per heavy atom. The summed E-state index contributed by atoms with van der Waals surface area (Å²) in [7, 11) is 1.84. The fourth-order valence-corrected chi connectivity index (χ4v) is 2.89. The van der Waals surface area contributed by atoms with E-state index in [0.29, 0.717) is 5.75 Å². The van der Waals surface area contributed by atoms with Crippen LogP contribution in [0.1, 0.15) is 11.8 Å². The molecule has 5 heteroatoms. The maximum absolute atomic E-state index is 9.96. The van der Waals surface area contributed by atoms with Gasteiger partial charge in [-0.15, -0.1) is 11.8 Å². The van der Waals surface area contributed by atoms with Crippen LogP contribution < -0.4 is 0 Å². The summed E-state index contributed by atoms with van der Waals surface area (Å²) in [5.41, 5.74) is 0.718. The smallest absolute Gasteiger partial charge is 0.107 e. The molecule has 1 aromatic heterocycles. The molecule has 1 aromatic carbocycles. The summed E-state index contributed by atoms with van der Waals surface area (Å²) >= 11 is 5.04. The van der Waals surface area contributed by atoms with E-state index in [4.69, 9.17) is 0 Å². The van der Waals surface area contributed by atoms with Crippen LogP contribution in [-0.4, -0.2) is 20.6 Å². The minimum Gasteiger partial charge on any atom is -0.386 e. The fraction of sp³-hybridized carbons (Fsp3) is 0.250. The number of aryl methyl sites for hydroxylation is 1. The van der Waals surface area contributed by atoms with Crippen molar-refractivity contribution < 1.29 is 5.11 Å². The lowest BCUT2D eigenvalue weighted by molar-refractivity contribution is 0.198. The second-order valence-corrected chi connectivity index (χ2v) is 5.71. The van der Waals surface area contributed by atoms with Crippen LogP contribution in [0, 0.1) is 0 Å². The van der Waals surface area contributed by atoms with Crippen molar-refractivity contribution in [3.63, 3.8) is 0 Å². The molecule has 0 saturated heterocycles. The number of hydrogen-bond donors (Lipinski definition) is 1. The van der Waals surface area contributed by atoms with E-state index in [0.717, 1.165) is 15.1 Å². The van der Waals surface area contributed by atoms with Crippen molar-refractivity contribution in [3.8, 4) is 0 Å². The molecule has 2 rings (SSSR count). The Balaban J connectivity index is 1.94. The lowest BCUT2D eigenvalue weighted by Gasteiger charge is -2.07. The van der Waals surface area contributed by atoms with Gasteiger partial charge in [0.05, 0.1) is 5.69 Å². The third-order valence-corrected chi connectivity index (χ3v) is 3.84. The van der Waals surface area contributed by atoms with Gasteiger partial charge >= 0.3 is 0 Å². The zero-order valence-electron chi connectivity index (χ0n) is 9.38. The zero-order chi connectivity index (χ0) is 12.3. The largest absolute Gasteiger partial charge is 0.386 e. The second kappa shape index (κ2) is 5.71. The number of rotatable bonds is 4. The molecule has 1 N–H and O–H groups in total. The summed E-state index contributed by atoms with van der Waals surface area (Å²) in [6, 6.07) is 9.88. The normalized spacial score (nSPS) is 12.6. The maximum atomic E-state index is 9.96. The van der Waals surface area contributed by atoms with E-state index in [-0.39, 0.29) is 0 Å². The van der Waals surface area contributed by atoms with Gasteiger partial charge in [-0.25, -0.2) is 0 Å². The quantitative estimate of drug-likeness (QED) is 0.882. The molecule has 2 aromatic rings. The first kappa shape index (κ1) is 12.7. The summed E-state index contributed by atoms with van der Waals surface area (Å²) in [6.45, 7) is 0. The van der Waals surface area contributed by atoms with Crippen molar-refractivity contribution >= 4 is 27.7 Å². The number of halogens is 1. The SMILES string of the molecule is Cn1ccc(C(O)CSc2cccc(Br)c2)n1. The lowest BCUT2D eigenvalue weighted by Crippen LogP contribution is -2.02. The summed E-state index contributed by atoms with van der Waals surface area (Å²) in [4.78, 5) is 1.13. The van der Waals surface area contributed by atoms with Crippen molar-refractivity contribution in [2.75, 3.05) is 5.75 Å². The third kappa shape index (κ3) is 3.59. The van der Waals surface area contributed by atoms with Gasteiger partial charge in [0.15, 0.2) is 0 Å². The molecule has 0 saturated carbocycles. The van der Waals surface area contributed by atoms with E-state index in [2.05, 4.69) is 21.0 Å². The Kier molecular flexibility index (Phi) is 4.25. The number of aliphatic hydroxyl groups is 1. The van der Waals surface area contributed by atoms with Crippen LogP contribution in [0.4, 0.5) is 0 Å². The molecule has 0 aliphatic heterocycles. The zero-order valence-corrected chi connectivity index (χ0v) is 11.8. The molecule has 0 spiro atoms. The molecular weight excluding hydrogens is 300 g/mol. The highest BCUT2D eigenvalue weighted by molar-refractivity contribution is 9.10. The molecule has 1 heterocycles. The van der Waals surface area contributed by atoms with E-state index in [1.165, 1.54) is 0 Å². The van der Waals surface area contributed by atoms with Crippen molar-refractivity contribution in [3.05, 3.63) is 46.7 Å². The van der Waals surface area contributed by atoms with Gasteiger partial charge in [-0.1, -0.05) is 22.0 Å². The number of aromatic nitrogens is 2. The van der Waals surface area contributed by atoms with Crippen molar-refractivity contribution in [1.82, 2.24) is 9.78 Å². The maximum Gasteiger partial charge on any atom is 0.107 e. The minimum atomic E-state index is -0.528. The second-order valence-electron chi connectivity index (χ2n) is 3.70. The number of benzene rings is 1. The van der Waals surface area contributed by atoms with Gasteiger partial charge in [-0.05, 0) is 24.3 Å². The van der Waals surface area contributed by atoms with Crippen LogP contribution in [0.5, 0.6) is 0 Å². The van der Waals surface area contributed by atoms with Crippen LogP contribution >= 0.6 is 27.7 Å². The Bertz CT molecular complexity index is 501. The van der Waals surface area contributed by atoms with Crippen LogP contribution in [0.25, 0.3) is 0 Å². The first-order valence-corrected chi connectivity index (χ1v) is 6.99. The van der Waals surface area contributed by atoms with Gasteiger partial charge in [0.1, 0.15) is 6.10 Å². The molecular formula is C12H13BrN2OS. The Labute approximate surface area is 113 Å². The molecule has 0 bridgehead atoms. The van der Waals surface area contributed by atoms with Gasteiger partial charge < -0.3 is 5.11 Å². The lowest BCUT2D eigenvalue weighted by atomic mass is 10.3. The van der Waals surface area contributed by atoms with Crippen molar-refractivity contribution in [2.45, 2.75) is 11.0 Å². The monoisotopic (exact) mass is 312 g/mol. The number of nitrogens with zero attached hydrogens (tertiary/aromatic N) is 2. The van der Waals surface area contributed by atoms with E-state index < -0.39 is 6.10 Å². The molecule has 0 aliphatic rings. The van der Waals surface area contributed by atoms with Gasteiger partial charge in [0, 0.05) is 28.4 Å². The van der Waals surface area contributed by atoms with E-state index in [1.54, 1.807) is 16.4 Å². The van der Waals surface area contributed by atoms with E-state index in [1.807, 2.05) is 43.6 Å². The molecule has 1 unspecified atom stereocenters. The van der Waals surface area contributed by atoms with E-state index in [9.17, 15) is 5.11 Å². The highest BCUT2D eigenvalue weighted by Crippen LogP contribution is 2.26. The number of thioether (sulfide) groups is 1. The molecule has 1 atom stereocenters. The first-order chi connectivity index (χ1) is 8.15. The predicted molar refractivity (Wildman–Crippen MR) is 73.0 cm³/mol. The Morgan fingerprint density at radius 2 is 2.29 bits per heavy atom. The van der Waals surface area contributed by atoms with Crippen LogP contribution in [-0.2, 0) is 7.05 Å².